The Morgan fingerprint density at radius 3 is 2.55 bits per heavy atom. The molecule has 2 aromatic heterocycles. The van der Waals surface area contributed by atoms with Crippen LogP contribution in [0.4, 0.5) is 5.13 Å². The normalized spacial score (nSPS) is 11.7. The molecular formula is C22H22N4O3S2. The lowest BCUT2D eigenvalue weighted by Gasteiger charge is -2.20. The molecule has 7 nitrogen and oxygen atoms in total. The number of amides is 1. The Balaban J connectivity index is 1.72. The maximum Gasteiger partial charge on any atom is 0.260 e. The number of aryl methyl sites for hydroxylation is 2. The number of fused-ring (bicyclic) bond motifs is 1. The van der Waals surface area contributed by atoms with Crippen molar-refractivity contribution in [1.29, 1.82) is 0 Å². The number of hydrogen-bond donors (Lipinski definition) is 0. The highest BCUT2D eigenvalue weighted by Gasteiger charge is 2.23. The monoisotopic (exact) mass is 454 g/mol. The van der Waals surface area contributed by atoms with Gasteiger partial charge in [0.25, 0.3) is 5.91 Å². The van der Waals surface area contributed by atoms with E-state index in [9.17, 15) is 13.2 Å². The molecule has 0 N–H and O–H groups in total. The predicted octanol–water partition coefficient (Wildman–Crippen LogP) is 3.86. The van der Waals surface area contributed by atoms with Crippen molar-refractivity contribution in [2.24, 2.45) is 0 Å². The highest BCUT2D eigenvalue weighted by Crippen LogP contribution is 2.30. The number of anilines is 1. The van der Waals surface area contributed by atoms with Crippen LogP contribution in [-0.4, -0.2) is 41.9 Å². The van der Waals surface area contributed by atoms with E-state index in [4.69, 9.17) is 0 Å². The molecule has 2 aromatic carbocycles. The first kappa shape index (κ1) is 21.2. The number of carbonyl (C=O) groups excluding carboxylic acids is 1. The van der Waals surface area contributed by atoms with Gasteiger partial charge in [-0.2, -0.15) is 5.10 Å². The molecule has 0 radical (unpaired) electrons. The minimum atomic E-state index is -3.43. The van der Waals surface area contributed by atoms with Crippen LogP contribution in [0.25, 0.3) is 10.2 Å². The number of nitrogens with zero attached hydrogens (tertiary/aromatic N) is 4. The van der Waals surface area contributed by atoms with E-state index in [1.165, 1.54) is 23.5 Å². The number of aromatic nitrogens is 3. The first-order valence-corrected chi connectivity index (χ1v) is 12.4. The lowest BCUT2D eigenvalue weighted by molar-refractivity contribution is 0.0985. The van der Waals surface area contributed by atoms with Crippen molar-refractivity contribution in [3.8, 4) is 0 Å². The van der Waals surface area contributed by atoms with Crippen LogP contribution in [-0.2, 0) is 16.4 Å². The van der Waals surface area contributed by atoms with E-state index in [-0.39, 0.29) is 10.8 Å². The second-order valence-electron chi connectivity index (χ2n) is 7.37. The van der Waals surface area contributed by atoms with Gasteiger partial charge in [-0.05, 0) is 50.2 Å². The van der Waals surface area contributed by atoms with Crippen molar-refractivity contribution in [3.63, 3.8) is 0 Å². The molecule has 2 heterocycles. The number of thiazole rings is 1. The Morgan fingerprint density at radius 1 is 1.10 bits per heavy atom. The minimum absolute atomic E-state index is 0.112. The fourth-order valence-corrected chi connectivity index (χ4v) is 5.03. The summed E-state index contributed by atoms with van der Waals surface area (Å²) >= 11 is 1.43. The summed E-state index contributed by atoms with van der Waals surface area (Å²) < 4.78 is 26.8. The second kappa shape index (κ2) is 8.24. The van der Waals surface area contributed by atoms with E-state index in [0.29, 0.717) is 23.8 Å². The number of carbonyl (C=O) groups is 1. The summed E-state index contributed by atoms with van der Waals surface area (Å²) in [6.45, 7) is 4.74. The molecule has 0 fully saturated rings. The summed E-state index contributed by atoms with van der Waals surface area (Å²) in [6.07, 6.45) is 1.13. The molecular weight excluding hydrogens is 432 g/mol. The summed E-state index contributed by atoms with van der Waals surface area (Å²) in [5, 5.41) is 5.05. The minimum Gasteiger partial charge on any atom is -0.282 e. The van der Waals surface area contributed by atoms with Crippen LogP contribution in [0.3, 0.4) is 0 Å². The second-order valence-corrected chi connectivity index (χ2v) is 10.4. The zero-order valence-corrected chi connectivity index (χ0v) is 19.1. The first-order valence-electron chi connectivity index (χ1n) is 9.71. The van der Waals surface area contributed by atoms with Crippen molar-refractivity contribution in [3.05, 3.63) is 71.5 Å². The molecule has 0 saturated carbocycles. The fraction of sp³-hybridized carbons (Fsp3) is 0.227. The molecule has 0 aliphatic rings. The van der Waals surface area contributed by atoms with Crippen LogP contribution >= 0.6 is 11.3 Å². The molecule has 9 heteroatoms. The van der Waals surface area contributed by atoms with Crippen molar-refractivity contribution < 1.29 is 13.2 Å². The molecule has 4 rings (SSSR count). The zero-order chi connectivity index (χ0) is 22.2. The SMILES string of the molecule is Cc1cc(C)n(CCN(C(=O)c2cccc(S(C)(=O)=O)c2)c2nc3ccccc3s2)n1. The van der Waals surface area contributed by atoms with Crippen LogP contribution < -0.4 is 4.90 Å². The van der Waals surface area contributed by atoms with E-state index >= 15 is 0 Å². The largest absolute Gasteiger partial charge is 0.282 e. The van der Waals surface area contributed by atoms with Crippen LogP contribution in [0.2, 0.25) is 0 Å². The van der Waals surface area contributed by atoms with Gasteiger partial charge in [0.1, 0.15) is 0 Å². The van der Waals surface area contributed by atoms with Gasteiger partial charge in [-0.25, -0.2) is 13.4 Å². The lowest BCUT2D eigenvalue weighted by atomic mass is 10.2. The average Bonchev–Trinajstić information content (AvgIpc) is 3.29. The summed E-state index contributed by atoms with van der Waals surface area (Å²) in [6, 6.07) is 15.8. The van der Waals surface area contributed by atoms with Gasteiger partial charge in [0, 0.05) is 24.1 Å². The molecule has 4 aromatic rings. The molecule has 1 amide bonds. The third-order valence-corrected chi connectivity index (χ3v) is 7.08. The van der Waals surface area contributed by atoms with Gasteiger partial charge in [0.05, 0.1) is 27.4 Å². The van der Waals surface area contributed by atoms with E-state index < -0.39 is 9.84 Å². The molecule has 0 saturated heterocycles. The fourth-order valence-electron chi connectivity index (χ4n) is 3.37. The number of sulfone groups is 1. The molecule has 0 unspecified atom stereocenters. The number of hydrogen-bond acceptors (Lipinski definition) is 6. The van der Waals surface area contributed by atoms with Crippen molar-refractivity contribution >= 4 is 42.4 Å². The Bertz CT molecular complexity index is 1340. The molecule has 160 valence electrons. The van der Waals surface area contributed by atoms with E-state index in [1.807, 2.05) is 48.9 Å². The van der Waals surface area contributed by atoms with Gasteiger partial charge in [0.2, 0.25) is 0 Å². The molecule has 0 spiro atoms. The van der Waals surface area contributed by atoms with Crippen LogP contribution in [0.1, 0.15) is 21.7 Å². The topological polar surface area (TPSA) is 85.2 Å². The van der Waals surface area contributed by atoms with E-state index in [0.717, 1.165) is 27.9 Å². The molecule has 0 atom stereocenters. The Hall–Kier alpha value is -3.04. The average molecular weight is 455 g/mol. The maximum atomic E-state index is 13.5. The zero-order valence-electron chi connectivity index (χ0n) is 17.4. The predicted molar refractivity (Wildman–Crippen MR) is 123 cm³/mol. The third kappa shape index (κ3) is 4.52. The Morgan fingerprint density at radius 2 is 1.87 bits per heavy atom. The van der Waals surface area contributed by atoms with Gasteiger partial charge in [-0.3, -0.25) is 14.4 Å². The molecule has 0 bridgehead atoms. The number of rotatable bonds is 6. The summed E-state index contributed by atoms with van der Waals surface area (Å²) in [5.74, 6) is -0.300. The van der Waals surface area contributed by atoms with Gasteiger partial charge in [0.15, 0.2) is 15.0 Å². The van der Waals surface area contributed by atoms with Crippen molar-refractivity contribution in [1.82, 2.24) is 14.8 Å². The number of para-hydroxylation sites is 1. The number of benzene rings is 2. The van der Waals surface area contributed by atoms with Gasteiger partial charge < -0.3 is 0 Å². The maximum absolute atomic E-state index is 13.5. The van der Waals surface area contributed by atoms with Crippen LogP contribution in [0, 0.1) is 13.8 Å². The summed E-state index contributed by atoms with van der Waals surface area (Å²) in [4.78, 5) is 19.8. The van der Waals surface area contributed by atoms with Crippen molar-refractivity contribution in [2.45, 2.75) is 25.3 Å². The van der Waals surface area contributed by atoms with Gasteiger partial charge in [-0.1, -0.05) is 29.5 Å². The van der Waals surface area contributed by atoms with Crippen LogP contribution in [0.5, 0.6) is 0 Å². The Kier molecular flexibility index (Phi) is 5.63. The highest BCUT2D eigenvalue weighted by atomic mass is 32.2. The third-order valence-electron chi connectivity index (χ3n) is 4.91. The molecule has 0 aliphatic carbocycles. The van der Waals surface area contributed by atoms with Crippen LogP contribution in [0.15, 0.2) is 59.5 Å². The highest BCUT2D eigenvalue weighted by molar-refractivity contribution is 7.90. The van der Waals surface area contributed by atoms with E-state index in [2.05, 4.69) is 10.1 Å². The smallest absolute Gasteiger partial charge is 0.260 e. The van der Waals surface area contributed by atoms with Gasteiger partial charge in [-0.15, -0.1) is 0 Å². The molecule has 0 aliphatic heterocycles. The van der Waals surface area contributed by atoms with E-state index in [1.54, 1.807) is 17.0 Å². The quantitative estimate of drug-likeness (QED) is 0.442. The molecule has 31 heavy (non-hydrogen) atoms. The van der Waals surface area contributed by atoms with Crippen molar-refractivity contribution in [2.75, 3.05) is 17.7 Å². The Labute approximate surface area is 184 Å². The standard InChI is InChI=1S/C22H22N4O3S2/c1-15-13-16(2)26(24-15)12-11-25(22-23-19-9-4-5-10-20(19)30-22)21(27)17-7-6-8-18(14-17)31(3,28)29/h4-10,13-14H,11-12H2,1-3H3. The van der Waals surface area contributed by atoms with Gasteiger partial charge >= 0.3 is 0 Å². The lowest BCUT2D eigenvalue weighted by Crippen LogP contribution is -2.34. The summed E-state index contributed by atoms with van der Waals surface area (Å²) in [7, 11) is -3.43. The summed E-state index contributed by atoms with van der Waals surface area (Å²) in [5.41, 5.74) is 3.04. The first-order chi connectivity index (χ1) is 14.7.